The highest BCUT2D eigenvalue weighted by Gasteiger charge is 2.48. The zero-order valence-corrected chi connectivity index (χ0v) is 14.0. The van der Waals surface area contributed by atoms with E-state index in [0.29, 0.717) is 22.6 Å². The van der Waals surface area contributed by atoms with Crippen LogP contribution in [-0.4, -0.2) is 23.6 Å². The number of benzene rings is 3. The van der Waals surface area contributed by atoms with Gasteiger partial charge in [-0.3, -0.25) is 4.79 Å². The van der Waals surface area contributed by atoms with E-state index in [9.17, 15) is 9.90 Å². The molecule has 2 atom stereocenters. The molecule has 4 heteroatoms. The van der Waals surface area contributed by atoms with E-state index in [4.69, 9.17) is 9.47 Å². The molecule has 3 aromatic rings. The summed E-state index contributed by atoms with van der Waals surface area (Å²) >= 11 is 0. The van der Waals surface area contributed by atoms with Crippen LogP contribution in [0.15, 0.2) is 84.9 Å². The monoisotopic (exact) mass is 346 g/mol. The number of para-hydroxylation sites is 2. The van der Waals surface area contributed by atoms with Crippen LogP contribution in [0.25, 0.3) is 0 Å². The number of Topliss-reactive ketones (excluding diaryl/α,β-unsaturated/α-hetero) is 1. The first-order valence-electron chi connectivity index (χ1n) is 8.44. The number of ether oxygens (including phenoxy) is 2. The Kier molecular flexibility index (Phi) is 4.19. The van der Waals surface area contributed by atoms with Crippen LogP contribution in [0.5, 0.6) is 11.5 Å². The number of hydrogen-bond donors (Lipinski definition) is 1. The van der Waals surface area contributed by atoms with Crippen molar-refractivity contribution in [3.05, 3.63) is 96.1 Å². The van der Waals surface area contributed by atoms with Crippen molar-refractivity contribution in [2.24, 2.45) is 0 Å². The van der Waals surface area contributed by atoms with E-state index in [0.717, 1.165) is 0 Å². The van der Waals surface area contributed by atoms with Gasteiger partial charge in [-0.25, -0.2) is 0 Å². The lowest BCUT2D eigenvalue weighted by atomic mass is 9.84. The van der Waals surface area contributed by atoms with E-state index in [1.165, 1.54) is 0 Å². The molecule has 1 aliphatic rings. The van der Waals surface area contributed by atoms with Crippen LogP contribution in [0.4, 0.5) is 0 Å². The molecular formula is C22H18O4. The third kappa shape index (κ3) is 2.85. The highest BCUT2D eigenvalue weighted by atomic mass is 16.6. The van der Waals surface area contributed by atoms with E-state index in [-0.39, 0.29) is 12.4 Å². The Morgan fingerprint density at radius 1 is 0.846 bits per heavy atom. The number of hydrogen-bond acceptors (Lipinski definition) is 4. The SMILES string of the molecule is O=C(c1ccccc1)[C@@H]1Oc2ccccc2OC[C@@]1(O)c1ccccc1. The van der Waals surface area contributed by atoms with E-state index in [1.807, 2.05) is 30.3 Å². The van der Waals surface area contributed by atoms with Crippen LogP contribution >= 0.6 is 0 Å². The lowest BCUT2D eigenvalue weighted by molar-refractivity contribution is -0.0678. The Hall–Kier alpha value is -3.11. The van der Waals surface area contributed by atoms with Crippen molar-refractivity contribution in [3.8, 4) is 11.5 Å². The Balaban J connectivity index is 1.82. The number of ketones is 1. The molecule has 0 aromatic heterocycles. The highest BCUT2D eigenvalue weighted by molar-refractivity contribution is 6.00. The predicted octanol–water partition coefficient (Wildman–Crippen LogP) is 3.60. The first-order valence-corrected chi connectivity index (χ1v) is 8.44. The van der Waals surface area contributed by atoms with Crippen molar-refractivity contribution in [2.75, 3.05) is 6.61 Å². The summed E-state index contributed by atoms with van der Waals surface area (Å²) in [4.78, 5) is 13.2. The molecule has 1 N–H and O–H groups in total. The third-order valence-electron chi connectivity index (χ3n) is 4.55. The Morgan fingerprint density at radius 3 is 2.12 bits per heavy atom. The molecular weight excluding hydrogens is 328 g/mol. The fraction of sp³-hybridized carbons (Fsp3) is 0.136. The zero-order chi connectivity index (χ0) is 18.0. The van der Waals surface area contributed by atoms with Gasteiger partial charge in [-0.1, -0.05) is 72.8 Å². The Morgan fingerprint density at radius 2 is 1.42 bits per heavy atom. The summed E-state index contributed by atoms with van der Waals surface area (Å²) in [5.74, 6) is 0.649. The number of fused-ring (bicyclic) bond motifs is 1. The molecule has 26 heavy (non-hydrogen) atoms. The van der Waals surface area contributed by atoms with E-state index in [2.05, 4.69) is 0 Å². The van der Waals surface area contributed by atoms with Gasteiger partial charge in [0, 0.05) is 5.56 Å². The third-order valence-corrected chi connectivity index (χ3v) is 4.55. The summed E-state index contributed by atoms with van der Waals surface area (Å²) in [5, 5.41) is 11.5. The molecule has 4 nitrogen and oxygen atoms in total. The lowest BCUT2D eigenvalue weighted by Crippen LogP contribution is -2.51. The Bertz CT molecular complexity index is 908. The van der Waals surface area contributed by atoms with Crippen LogP contribution in [-0.2, 0) is 5.60 Å². The molecule has 1 heterocycles. The van der Waals surface area contributed by atoms with Gasteiger partial charge >= 0.3 is 0 Å². The predicted molar refractivity (Wildman–Crippen MR) is 97.5 cm³/mol. The fourth-order valence-electron chi connectivity index (χ4n) is 3.14. The maximum Gasteiger partial charge on any atom is 0.206 e. The second kappa shape index (κ2) is 6.65. The lowest BCUT2D eigenvalue weighted by Gasteiger charge is -2.32. The molecule has 0 aliphatic carbocycles. The highest BCUT2D eigenvalue weighted by Crippen LogP contribution is 2.38. The molecule has 4 rings (SSSR count). The minimum Gasteiger partial charge on any atom is -0.486 e. The van der Waals surface area contributed by atoms with Crippen LogP contribution in [0.1, 0.15) is 15.9 Å². The van der Waals surface area contributed by atoms with E-state index in [1.54, 1.807) is 54.6 Å². The van der Waals surface area contributed by atoms with Crippen molar-refractivity contribution in [2.45, 2.75) is 11.7 Å². The molecule has 0 radical (unpaired) electrons. The maximum atomic E-state index is 13.2. The van der Waals surface area contributed by atoms with Gasteiger partial charge in [-0.15, -0.1) is 0 Å². The van der Waals surface area contributed by atoms with Crippen molar-refractivity contribution in [1.82, 2.24) is 0 Å². The first-order chi connectivity index (χ1) is 12.7. The van der Waals surface area contributed by atoms with Crippen LogP contribution in [0.3, 0.4) is 0 Å². The van der Waals surface area contributed by atoms with Gasteiger partial charge in [-0.05, 0) is 17.7 Å². The molecule has 130 valence electrons. The molecule has 0 saturated carbocycles. The molecule has 0 spiro atoms. The first kappa shape index (κ1) is 16.4. The number of aliphatic hydroxyl groups is 1. The summed E-state index contributed by atoms with van der Waals surface area (Å²) in [7, 11) is 0. The minimum absolute atomic E-state index is 0.0860. The minimum atomic E-state index is -1.62. The Labute approximate surface area is 151 Å². The topological polar surface area (TPSA) is 55.8 Å². The van der Waals surface area contributed by atoms with Gasteiger partial charge in [0.2, 0.25) is 5.78 Å². The number of carbonyl (C=O) groups is 1. The standard InChI is InChI=1S/C22H18O4/c23-20(16-9-3-1-4-10-16)21-22(24,17-11-5-2-6-12-17)15-25-18-13-7-8-14-19(18)26-21/h1-14,21,24H,15H2/t21-,22+/m0/s1. The van der Waals surface area contributed by atoms with Gasteiger partial charge in [0.1, 0.15) is 6.61 Å². The number of carbonyl (C=O) groups excluding carboxylic acids is 1. The summed E-state index contributed by atoms with van der Waals surface area (Å²) in [6.07, 6.45) is -1.13. The average molecular weight is 346 g/mol. The van der Waals surface area contributed by atoms with Crippen LogP contribution in [0, 0.1) is 0 Å². The summed E-state index contributed by atoms with van der Waals surface area (Å²) in [6, 6.07) is 25.0. The fourth-order valence-corrected chi connectivity index (χ4v) is 3.14. The van der Waals surface area contributed by atoms with Crippen molar-refractivity contribution in [1.29, 1.82) is 0 Å². The molecule has 0 unspecified atom stereocenters. The van der Waals surface area contributed by atoms with E-state index >= 15 is 0 Å². The van der Waals surface area contributed by atoms with Crippen molar-refractivity contribution >= 4 is 5.78 Å². The van der Waals surface area contributed by atoms with Gasteiger partial charge in [0.05, 0.1) is 0 Å². The summed E-state index contributed by atoms with van der Waals surface area (Å²) < 4.78 is 11.8. The molecule has 0 fully saturated rings. The maximum absolute atomic E-state index is 13.2. The average Bonchev–Trinajstić information content (AvgIpc) is 2.86. The second-order valence-corrected chi connectivity index (χ2v) is 6.25. The summed E-state index contributed by atoms with van der Waals surface area (Å²) in [5.41, 5.74) is -0.568. The molecule has 0 amide bonds. The van der Waals surface area contributed by atoms with Gasteiger partial charge in [-0.2, -0.15) is 0 Å². The quantitative estimate of drug-likeness (QED) is 0.736. The van der Waals surface area contributed by atoms with Crippen molar-refractivity contribution in [3.63, 3.8) is 0 Å². The zero-order valence-electron chi connectivity index (χ0n) is 14.0. The molecule has 1 aliphatic heterocycles. The molecule has 3 aromatic carbocycles. The van der Waals surface area contributed by atoms with Crippen LogP contribution in [0.2, 0.25) is 0 Å². The van der Waals surface area contributed by atoms with Crippen molar-refractivity contribution < 1.29 is 19.4 Å². The smallest absolute Gasteiger partial charge is 0.206 e. The largest absolute Gasteiger partial charge is 0.486 e. The normalized spacial score (nSPS) is 21.7. The molecule has 0 saturated heterocycles. The van der Waals surface area contributed by atoms with Gasteiger partial charge in [0.25, 0.3) is 0 Å². The second-order valence-electron chi connectivity index (χ2n) is 6.25. The summed E-state index contributed by atoms with van der Waals surface area (Å²) in [6.45, 7) is -0.0860. The van der Waals surface area contributed by atoms with Gasteiger partial charge < -0.3 is 14.6 Å². The molecule has 0 bridgehead atoms. The van der Waals surface area contributed by atoms with Gasteiger partial charge in [0.15, 0.2) is 23.2 Å². The number of rotatable bonds is 3. The van der Waals surface area contributed by atoms with E-state index < -0.39 is 11.7 Å². The van der Waals surface area contributed by atoms with Crippen LogP contribution < -0.4 is 9.47 Å².